The zero-order valence-corrected chi connectivity index (χ0v) is 19.7. The van der Waals surface area contributed by atoms with E-state index < -0.39 is 0 Å². The molecule has 0 radical (unpaired) electrons. The molecule has 4 amide bonds. The first kappa shape index (κ1) is 23.5. The quantitative estimate of drug-likeness (QED) is 0.610. The molecule has 34 heavy (non-hydrogen) atoms. The van der Waals surface area contributed by atoms with Crippen LogP contribution in [-0.2, 0) is 16.1 Å². The summed E-state index contributed by atoms with van der Waals surface area (Å²) in [5, 5.41) is 0. The van der Waals surface area contributed by atoms with Crippen molar-refractivity contribution < 1.29 is 19.1 Å². The van der Waals surface area contributed by atoms with Gasteiger partial charge in [0.25, 0.3) is 5.91 Å². The number of carbonyl (C=O) groups excluding carboxylic acids is 3. The van der Waals surface area contributed by atoms with E-state index in [1.54, 1.807) is 16.8 Å². The van der Waals surface area contributed by atoms with Crippen molar-refractivity contribution >= 4 is 18.0 Å². The van der Waals surface area contributed by atoms with Crippen molar-refractivity contribution in [1.82, 2.24) is 14.7 Å². The molecule has 2 saturated heterocycles. The molecule has 2 fully saturated rings. The van der Waals surface area contributed by atoms with Gasteiger partial charge in [-0.3, -0.25) is 9.69 Å². The molecule has 2 aliphatic heterocycles. The SMILES string of the molecule is CC1C(c2ccccc2)N(C(=O)/C=C/C2CCN(C(=O)OCc3ccccc3)CC2)C(=O)N1C. The molecule has 2 heterocycles. The van der Waals surface area contributed by atoms with E-state index in [4.69, 9.17) is 4.74 Å². The lowest BCUT2D eigenvalue weighted by atomic mass is 9.96. The largest absolute Gasteiger partial charge is 0.445 e. The Labute approximate surface area is 200 Å². The van der Waals surface area contributed by atoms with E-state index in [2.05, 4.69) is 0 Å². The average Bonchev–Trinajstić information content (AvgIpc) is 3.11. The van der Waals surface area contributed by atoms with E-state index in [9.17, 15) is 14.4 Å². The van der Waals surface area contributed by atoms with Gasteiger partial charge >= 0.3 is 12.1 Å². The number of ether oxygens (including phenoxy) is 1. The zero-order chi connectivity index (χ0) is 24.1. The molecule has 0 aliphatic carbocycles. The van der Waals surface area contributed by atoms with Gasteiger partial charge in [0.1, 0.15) is 6.61 Å². The summed E-state index contributed by atoms with van der Waals surface area (Å²) in [6.07, 6.45) is 4.58. The smallest absolute Gasteiger partial charge is 0.410 e. The first-order valence-corrected chi connectivity index (χ1v) is 11.7. The van der Waals surface area contributed by atoms with Crippen LogP contribution in [0.1, 0.15) is 36.9 Å². The molecular formula is C27H31N3O4. The maximum Gasteiger partial charge on any atom is 0.410 e. The summed E-state index contributed by atoms with van der Waals surface area (Å²) in [4.78, 5) is 42.9. The van der Waals surface area contributed by atoms with Gasteiger partial charge in [-0.15, -0.1) is 0 Å². The number of benzene rings is 2. The van der Waals surface area contributed by atoms with Crippen LogP contribution in [-0.4, -0.2) is 58.9 Å². The van der Waals surface area contributed by atoms with Gasteiger partial charge in [0.2, 0.25) is 0 Å². The molecule has 2 aromatic rings. The summed E-state index contributed by atoms with van der Waals surface area (Å²) >= 11 is 0. The molecule has 2 aliphatic rings. The van der Waals surface area contributed by atoms with Crippen molar-refractivity contribution in [2.24, 2.45) is 5.92 Å². The monoisotopic (exact) mass is 461 g/mol. The van der Waals surface area contributed by atoms with Crippen LogP contribution in [0, 0.1) is 5.92 Å². The van der Waals surface area contributed by atoms with Crippen molar-refractivity contribution in [3.05, 3.63) is 83.9 Å². The van der Waals surface area contributed by atoms with E-state index in [0.717, 1.165) is 24.0 Å². The molecule has 2 atom stereocenters. The molecule has 0 bridgehead atoms. The Balaban J connectivity index is 1.32. The van der Waals surface area contributed by atoms with Crippen LogP contribution in [0.25, 0.3) is 0 Å². The maximum absolute atomic E-state index is 13.1. The van der Waals surface area contributed by atoms with Crippen molar-refractivity contribution in [1.29, 1.82) is 0 Å². The van der Waals surface area contributed by atoms with Gasteiger partial charge in [0, 0.05) is 20.1 Å². The first-order valence-electron chi connectivity index (χ1n) is 11.7. The molecule has 0 aromatic heterocycles. The van der Waals surface area contributed by atoms with Crippen molar-refractivity contribution in [3.63, 3.8) is 0 Å². The highest BCUT2D eigenvalue weighted by Gasteiger charge is 2.44. The number of likely N-dealkylation sites (N-methyl/N-ethyl adjacent to an activating group) is 1. The van der Waals surface area contributed by atoms with Crippen molar-refractivity contribution in [2.45, 2.75) is 38.5 Å². The summed E-state index contributed by atoms with van der Waals surface area (Å²) in [6.45, 7) is 3.37. The predicted molar refractivity (Wildman–Crippen MR) is 129 cm³/mol. The van der Waals surface area contributed by atoms with E-state index in [1.807, 2.05) is 73.7 Å². The Kier molecular flexibility index (Phi) is 7.30. The fraction of sp³-hybridized carbons (Fsp3) is 0.370. The third-order valence-electron chi connectivity index (χ3n) is 6.75. The molecule has 4 rings (SSSR count). The Morgan fingerprint density at radius 2 is 1.62 bits per heavy atom. The Morgan fingerprint density at radius 1 is 1.00 bits per heavy atom. The second-order valence-electron chi connectivity index (χ2n) is 8.92. The molecule has 2 unspecified atom stereocenters. The number of imide groups is 1. The van der Waals surface area contributed by atoms with Crippen LogP contribution < -0.4 is 0 Å². The van der Waals surface area contributed by atoms with Gasteiger partial charge in [-0.2, -0.15) is 0 Å². The first-order chi connectivity index (χ1) is 16.5. The van der Waals surface area contributed by atoms with Crippen LogP contribution in [0.5, 0.6) is 0 Å². The standard InChI is InChI=1S/C27H31N3O4/c1-20-25(23-11-7-4-8-12-23)30(26(32)28(20)2)24(31)14-13-21-15-17-29(18-16-21)27(33)34-19-22-9-5-3-6-10-22/h3-14,20-21,25H,15-19H2,1-2H3/b14-13+. The third-order valence-corrected chi connectivity index (χ3v) is 6.75. The number of amides is 4. The number of carbonyl (C=O) groups is 3. The minimum atomic E-state index is -0.322. The topological polar surface area (TPSA) is 70.2 Å². The number of likely N-dealkylation sites (tertiary alicyclic amines) is 1. The van der Waals surface area contributed by atoms with Crippen molar-refractivity contribution in [3.8, 4) is 0 Å². The van der Waals surface area contributed by atoms with Gasteiger partial charge in [-0.25, -0.2) is 9.59 Å². The number of piperidine rings is 1. The fourth-order valence-corrected chi connectivity index (χ4v) is 4.58. The van der Waals surface area contributed by atoms with Gasteiger partial charge in [0.05, 0.1) is 12.1 Å². The van der Waals surface area contributed by atoms with Gasteiger partial charge < -0.3 is 14.5 Å². The number of hydrogen-bond donors (Lipinski definition) is 0. The molecule has 2 aromatic carbocycles. The summed E-state index contributed by atoms with van der Waals surface area (Å²) in [5.41, 5.74) is 1.90. The van der Waals surface area contributed by atoms with E-state index in [1.165, 1.54) is 11.0 Å². The van der Waals surface area contributed by atoms with Crippen LogP contribution >= 0.6 is 0 Å². The highest BCUT2D eigenvalue weighted by atomic mass is 16.6. The zero-order valence-electron chi connectivity index (χ0n) is 19.7. The molecule has 178 valence electrons. The minimum Gasteiger partial charge on any atom is -0.445 e. The molecule has 0 saturated carbocycles. The van der Waals surface area contributed by atoms with Crippen LogP contribution in [0.3, 0.4) is 0 Å². The Hall–Kier alpha value is -3.61. The second-order valence-corrected chi connectivity index (χ2v) is 8.92. The molecular weight excluding hydrogens is 430 g/mol. The van der Waals surface area contributed by atoms with Crippen LogP contribution in [0.2, 0.25) is 0 Å². The number of nitrogens with zero attached hydrogens (tertiary/aromatic N) is 3. The van der Waals surface area contributed by atoms with Crippen LogP contribution in [0.15, 0.2) is 72.8 Å². The number of allylic oxidation sites excluding steroid dienone is 1. The summed E-state index contributed by atoms with van der Waals surface area (Å²) in [5.74, 6) is -0.134. The summed E-state index contributed by atoms with van der Waals surface area (Å²) < 4.78 is 5.42. The molecule has 0 spiro atoms. The van der Waals surface area contributed by atoms with Gasteiger partial charge in [0.15, 0.2) is 0 Å². The highest BCUT2D eigenvalue weighted by molar-refractivity contribution is 6.02. The second kappa shape index (κ2) is 10.5. The van der Waals surface area contributed by atoms with E-state index in [-0.39, 0.29) is 42.6 Å². The lowest BCUT2D eigenvalue weighted by Crippen LogP contribution is -2.38. The normalized spacial score (nSPS) is 21.4. The summed E-state index contributed by atoms with van der Waals surface area (Å²) in [7, 11) is 1.73. The third kappa shape index (κ3) is 5.14. The Morgan fingerprint density at radius 3 is 2.26 bits per heavy atom. The number of rotatable bonds is 5. The lowest BCUT2D eigenvalue weighted by Gasteiger charge is -2.30. The average molecular weight is 462 g/mol. The minimum absolute atomic E-state index is 0.114. The number of hydrogen-bond acceptors (Lipinski definition) is 4. The van der Waals surface area contributed by atoms with E-state index in [0.29, 0.717) is 13.1 Å². The predicted octanol–water partition coefficient (Wildman–Crippen LogP) is 4.62. The maximum atomic E-state index is 13.1. The van der Waals surface area contributed by atoms with Gasteiger partial charge in [-0.05, 0) is 42.9 Å². The fourth-order valence-electron chi connectivity index (χ4n) is 4.58. The molecule has 7 heteroatoms. The van der Waals surface area contributed by atoms with Crippen LogP contribution in [0.4, 0.5) is 9.59 Å². The summed E-state index contributed by atoms with van der Waals surface area (Å²) in [6, 6.07) is 18.5. The number of urea groups is 1. The lowest BCUT2D eigenvalue weighted by molar-refractivity contribution is -0.124. The Bertz CT molecular complexity index is 1030. The molecule has 0 N–H and O–H groups in total. The highest BCUT2D eigenvalue weighted by Crippen LogP contribution is 2.34. The van der Waals surface area contributed by atoms with Crippen molar-refractivity contribution in [2.75, 3.05) is 20.1 Å². The molecule has 7 nitrogen and oxygen atoms in total. The van der Waals surface area contributed by atoms with E-state index >= 15 is 0 Å². The van der Waals surface area contributed by atoms with Gasteiger partial charge in [-0.1, -0.05) is 66.7 Å².